The van der Waals surface area contributed by atoms with Gasteiger partial charge in [-0.1, -0.05) is 0 Å². The molecule has 0 spiro atoms. The highest BCUT2D eigenvalue weighted by Crippen LogP contribution is 2.28. The van der Waals surface area contributed by atoms with Gasteiger partial charge in [-0.3, -0.25) is 0 Å². The molecule has 3 N–H and O–H groups in total. The highest BCUT2D eigenvalue weighted by Gasteiger charge is 2.20. The van der Waals surface area contributed by atoms with Crippen molar-refractivity contribution in [3.8, 4) is 0 Å². The predicted molar refractivity (Wildman–Crippen MR) is 59.6 cm³/mol. The zero-order chi connectivity index (χ0) is 9.97. The molecule has 1 fully saturated rings. The SMILES string of the molecule is Cc1sc(CN)nc1C1CCCNC1. The highest BCUT2D eigenvalue weighted by molar-refractivity contribution is 7.11. The van der Waals surface area contributed by atoms with E-state index in [1.807, 2.05) is 0 Å². The number of aromatic nitrogens is 1. The Bertz CT molecular complexity index is 302. The molecular weight excluding hydrogens is 194 g/mol. The Morgan fingerprint density at radius 1 is 1.64 bits per heavy atom. The first kappa shape index (κ1) is 10.1. The molecule has 3 nitrogen and oxygen atoms in total. The molecule has 2 rings (SSSR count). The largest absolute Gasteiger partial charge is 0.325 e. The van der Waals surface area contributed by atoms with Gasteiger partial charge in [-0.25, -0.2) is 4.98 Å². The van der Waals surface area contributed by atoms with Crippen LogP contribution in [0, 0.1) is 6.92 Å². The summed E-state index contributed by atoms with van der Waals surface area (Å²) < 4.78 is 0. The zero-order valence-electron chi connectivity index (χ0n) is 8.55. The summed E-state index contributed by atoms with van der Waals surface area (Å²) in [5.41, 5.74) is 6.87. The Hall–Kier alpha value is -0.450. The molecule has 0 aromatic carbocycles. The molecule has 0 bridgehead atoms. The summed E-state index contributed by atoms with van der Waals surface area (Å²) in [7, 11) is 0. The maximum atomic E-state index is 5.59. The van der Waals surface area contributed by atoms with E-state index in [9.17, 15) is 0 Å². The van der Waals surface area contributed by atoms with E-state index in [0.29, 0.717) is 12.5 Å². The summed E-state index contributed by atoms with van der Waals surface area (Å²) in [5.74, 6) is 0.611. The second-order valence-corrected chi connectivity index (χ2v) is 5.08. The molecule has 1 aromatic heterocycles. The van der Waals surface area contributed by atoms with Gasteiger partial charge in [0.15, 0.2) is 0 Å². The van der Waals surface area contributed by atoms with Crippen molar-refractivity contribution in [2.45, 2.75) is 32.2 Å². The molecule has 1 unspecified atom stereocenters. The standard InChI is InChI=1S/C10H17N3S/c1-7-10(13-9(5-11)14-7)8-3-2-4-12-6-8/h8,12H,2-6,11H2,1H3. The molecular formula is C10H17N3S. The number of aryl methyl sites for hydroxylation is 1. The molecule has 0 amide bonds. The number of hydrogen-bond donors (Lipinski definition) is 2. The van der Waals surface area contributed by atoms with Crippen molar-refractivity contribution in [3.05, 3.63) is 15.6 Å². The highest BCUT2D eigenvalue weighted by atomic mass is 32.1. The molecule has 4 heteroatoms. The van der Waals surface area contributed by atoms with Crippen LogP contribution in [-0.4, -0.2) is 18.1 Å². The van der Waals surface area contributed by atoms with E-state index in [4.69, 9.17) is 5.73 Å². The molecule has 1 aliphatic heterocycles. The van der Waals surface area contributed by atoms with Gasteiger partial charge in [0.25, 0.3) is 0 Å². The van der Waals surface area contributed by atoms with E-state index in [1.54, 1.807) is 11.3 Å². The third kappa shape index (κ3) is 1.97. The smallest absolute Gasteiger partial charge is 0.107 e. The topological polar surface area (TPSA) is 50.9 Å². The van der Waals surface area contributed by atoms with Crippen LogP contribution in [0.1, 0.15) is 34.3 Å². The van der Waals surface area contributed by atoms with E-state index in [-0.39, 0.29) is 0 Å². The lowest BCUT2D eigenvalue weighted by molar-refractivity contribution is 0.454. The zero-order valence-corrected chi connectivity index (χ0v) is 9.36. The van der Waals surface area contributed by atoms with Gasteiger partial charge < -0.3 is 11.1 Å². The Morgan fingerprint density at radius 3 is 3.07 bits per heavy atom. The van der Waals surface area contributed by atoms with Crippen molar-refractivity contribution in [3.63, 3.8) is 0 Å². The van der Waals surface area contributed by atoms with Gasteiger partial charge in [0.2, 0.25) is 0 Å². The minimum atomic E-state index is 0.575. The second-order valence-electron chi connectivity index (χ2n) is 3.80. The van der Waals surface area contributed by atoms with Crippen molar-refractivity contribution < 1.29 is 0 Å². The molecule has 0 radical (unpaired) electrons. The van der Waals surface area contributed by atoms with Crippen LogP contribution in [0.15, 0.2) is 0 Å². The minimum Gasteiger partial charge on any atom is -0.325 e. The average molecular weight is 211 g/mol. The maximum absolute atomic E-state index is 5.59. The summed E-state index contributed by atoms with van der Waals surface area (Å²) in [6.07, 6.45) is 2.53. The number of piperidine rings is 1. The van der Waals surface area contributed by atoms with Crippen LogP contribution in [0.3, 0.4) is 0 Å². The average Bonchev–Trinajstić information content (AvgIpc) is 2.61. The van der Waals surface area contributed by atoms with Crippen molar-refractivity contribution in [1.82, 2.24) is 10.3 Å². The van der Waals surface area contributed by atoms with E-state index in [0.717, 1.165) is 18.1 Å². The Labute approximate surface area is 88.7 Å². The number of hydrogen-bond acceptors (Lipinski definition) is 4. The first-order chi connectivity index (χ1) is 6.81. The van der Waals surface area contributed by atoms with Crippen LogP contribution in [0.4, 0.5) is 0 Å². The van der Waals surface area contributed by atoms with Gasteiger partial charge in [-0.2, -0.15) is 0 Å². The first-order valence-corrected chi connectivity index (χ1v) is 6.00. The van der Waals surface area contributed by atoms with Crippen LogP contribution >= 0.6 is 11.3 Å². The van der Waals surface area contributed by atoms with Crippen molar-refractivity contribution >= 4 is 11.3 Å². The van der Waals surface area contributed by atoms with Crippen molar-refractivity contribution in [2.75, 3.05) is 13.1 Å². The van der Waals surface area contributed by atoms with Crippen molar-refractivity contribution in [2.24, 2.45) is 5.73 Å². The van der Waals surface area contributed by atoms with E-state index >= 15 is 0 Å². The lowest BCUT2D eigenvalue weighted by atomic mass is 9.96. The van der Waals surface area contributed by atoms with Gasteiger partial charge in [0, 0.05) is 23.9 Å². The van der Waals surface area contributed by atoms with Crippen LogP contribution in [0.2, 0.25) is 0 Å². The van der Waals surface area contributed by atoms with Gasteiger partial charge in [0.05, 0.1) is 5.69 Å². The molecule has 0 saturated carbocycles. The van der Waals surface area contributed by atoms with Crippen LogP contribution in [0.25, 0.3) is 0 Å². The van der Waals surface area contributed by atoms with E-state index in [1.165, 1.54) is 23.4 Å². The Balaban J connectivity index is 2.17. The first-order valence-electron chi connectivity index (χ1n) is 5.18. The summed E-state index contributed by atoms with van der Waals surface area (Å²) in [5, 5.41) is 4.49. The minimum absolute atomic E-state index is 0.575. The quantitative estimate of drug-likeness (QED) is 0.777. The summed E-state index contributed by atoms with van der Waals surface area (Å²) in [4.78, 5) is 5.95. The number of rotatable bonds is 2. The summed E-state index contributed by atoms with van der Waals surface area (Å²) in [6, 6.07) is 0. The van der Waals surface area contributed by atoms with Crippen LogP contribution in [-0.2, 0) is 6.54 Å². The van der Waals surface area contributed by atoms with Crippen LogP contribution in [0.5, 0.6) is 0 Å². The monoisotopic (exact) mass is 211 g/mol. The van der Waals surface area contributed by atoms with Gasteiger partial charge in [0.1, 0.15) is 5.01 Å². The van der Waals surface area contributed by atoms with Crippen molar-refractivity contribution in [1.29, 1.82) is 0 Å². The van der Waals surface area contributed by atoms with Gasteiger partial charge >= 0.3 is 0 Å². The lowest BCUT2D eigenvalue weighted by Crippen LogP contribution is -2.28. The third-order valence-electron chi connectivity index (χ3n) is 2.73. The number of nitrogens with one attached hydrogen (secondary N) is 1. The summed E-state index contributed by atoms with van der Waals surface area (Å²) in [6.45, 7) is 4.96. The second kappa shape index (κ2) is 4.38. The lowest BCUT2D eigenvalue weighted by Gasteiger charge is -2.21. The summed E-state index contributed by atoms with van der Waals surface area (Å²) >= 11 is 1.74. The molecule has 1 aromatic rings. The fraction of sp³-hybridized carbons (Fsp3) is 0.700. The fourth-order valence-corrected chi connectivity index (χ4v) is 2.91. The van der Waals surface area contributed by atoms with Gasteiger partial charge in [-0.05, 0) is 26.3 Å². The third-order valence-corrected chi connectivity index (χ3v) is 3.74. The fourth-order valence-electron chi connectivity index (χ4n) is 2.02. The number of thiazole rings is 1. The normalized spacial score (nSPS) is 22.6. The molecule has 1 atom stereocenters. The number of nitrogens with two attached hydrogens (primary N) is 1. The molecule has 1 saturated heterocycles. The Kier molecular flexibility index (Phi) is 3.15. The molecule has 78 valence electrons. The van der Waals surface area contributed by atoms with E-state index in [2.05, 4.69) is 17.2 Å². The van der Waals surface area contributed by atoms with E-state index < -0.39 is 0 Å². The molecule has 2 heterocycles. The van der Waals surface area contributed by atoms with Crippen LogP contribution < -0.4 is 11.1 Å². The molecule has 0 aliphatic carbocycles. The molecule has 1 aliphatic rings. The number of nitrogens with zero attached hydrogens (tertiary/aromatic N) is 1. The predicted octanol–water partition coefficient (Wildman–Crippen LogP) is 1.38. The van der Waals surface area contributed by atoms with Gasteiger partial charge in [-0.15, -0.1) is 11.3 Å². The maximum Gasteiger partial charge on any atom is 0.107 e. The Morgan fingerprint density at radius 2 is 2.50 bits per heavy atom. The molecule has 14 heavy (non-hydrogen) atoms.